The van der Waals surface area contributed by atoms with Gasteiger partial charge < -0.3 is 24.5 Å². The van der Waals surface area contributed by atoms with Gasteiger partial charge in [-0.3, -0.25) is 14.4 Å². The third kappa shape index (κ3) is 4.47. The molecule has 3 aliphatic rings. The molecule has 1 spiro atoms. The fourth-order valence-electron chi connectivity index (χ4n) is 6.79. The molecule has 0 radical (unpaired) electrons. The van der Waals surface area contributed by atoms with Crippen molar-refractivity contribution < 1.29 is 24.2 Å². The number of ether oxygens (including phenoxy) is 1. The van der Waals surface area contributed by atoms with E-state index in [1.807, 2.05) is 58.0 Å². The molecule has 8 heteroatoms. The first kappa shape index (κ1) is 28.0. The Labute approximate surface area is 225 Å². The van der Waals surface area contributed by atoms with Crippen LogP contribution in [-0.4, -0.2) is 86.6 Å². The molecule has 38 heavy (non-hydrogen) atoms. The number of nitrogens with zero attached hydrogens (tertiary/aromatic N) is 3. The van der Waals surface area contributed by atoms with Crippen LogP contribution >= 0.6 is 0 Å². The van der Waals surface area contributed by atoms with Gasteiger partial charge in [-0.2, -0.15) is 0 Å². The van der Waals surface area contributed by atoms with Crippen LogP contribution in [0.4, 0.5) is 0 Å². The molecule has 0 aliphatic carbocycles. The van der Waals surface area contributed by atoms with E-state index in [0.717, 1.165) is 5.56 Å². The second-order valence-electron chi connectivity index (χ2n) is 11.9. The van der Waals surface area contributed by atoms with Crippen molar-refractivity contribution in [2.24, 2.45) is 11.8 Å². The van der Waals surface area contributed by atoms with Gasteiger partial charge in [-0.25, -0.2) is 0 Å². The molecule has 4 rings (SSSR count). The Morgan fingerprint density at radius 3 is 2.37 bits per heavy atom. The van der Waals surface area contributed by atoms with Gasteiger partial charge in [0, 0.05) is 31.7 Å². The number of carbonyl (C=O) groups is 3. The minimum atomic E-state index is -1.13. The Balaban J connectivity index is 1.75. The maximum Gasteiger partial charge on any atom is 0.249 e. The third-order valence-corrected chi connectivity index (χ3v) is 8.38. The highest BCUT2D eigenvalue weighted by Crippen LogP contribution is 2.63. The molecule has 2 bridgehead atoms. The van der Waals surface area contributed by atoms with Crippen LogP contribution in [0.25, 0.3) is 0 Å². The summed E-state index contributed by atoms with van der Waals surface area (Å²) in [6.45, 7) is 16.1. The Kier molecular flexibility index (Phi) is 7.60. The highest BCUT2D eigenvalue weighted by Gasteiger charge is 2.78. The van der Waals surface area contributed by atoms with E-state index in [2.05, 4.69) is 13.2 Å². The van der Waals surface area contributed by atoms with Gasteiger partial charge in [0.2, 0.25) is 17.7 Å². The van der Waals surface area contributed by atoms with E-state index in [0.29, 0.717) is 32.5 Å². The second kappa shape index (κ2) is 10.3. The number of carbonyl (C=O) groups excluding carboxylic acids is 3. The van der Waals surface area contributed by atoms with E-state index in [4.69, 9.17) is 4.74 Å². The van der Waals surface area contributed by atoms with Crippen molar-refractivity contribution in [1.29, 1.82) is 0 Å². The molecule has 3 aliphatic heterocycles. The summed E-state index contributed by atoms with van der Waals surface area (Å²) in [7, 11) is 0. The fourth-order valence-corrected chi connectivity index (χ4v) is 6.79. The van der Waals surface area contributed by atoms with E-state index in [1.54, 1.807) is 22.0 Å². The Morgan fingerprint density at radius 1 is 1.13 bits per heavy atom. The smallest absolute Gasteiger partial charge is 0.249 e. The molecule has 206 valence electrons. The molecule has 0 saturated carbocycles. The predicted octanol–water partition coefficient (Wildman–Crippen LogP) is 2.77. The number of rotatable bonds is 10. The molecule has 3 amide bonds. The minimum Gasteiger partial charge on any atom is -0.395 e. The van der Waals surface area contributed by atoms with Crippen LogP contribution in [0, 0.1) is 11.8 Å². The molecule has 3 fully saturated rings. The largest absolute Gasteiger partial charge is 0.395 e. The topological polar surface area (TPSA) is 90.4 Å². The second-order valence-corrected chi connectivity index (χ2v) is 11.9. The van der Waals surface area contributed by atoms with Gasteiger partial charge in [0.25, 0.3) is 0 Å². The van der Waals surface area contributed by atoms with Gasteiger partial charge >= 0.3 is 0 Å². The summed E-state index contributed by atoms with van der Waals surface area (Å²) in [5, 5.41) is 9.86. The lowest BCUT2D eigenvalue weighted by atomic mass is 9.66. The zero-order valence-electron chi connectivity index (χ0n) is 23.1. The van der Waals surface area contributed by atoms with Crippen LogP contribution in [0.2, 0.25) is 0 Å². The molecule has 2 unspecified atom stereocenters. The van der Waals surface area contributed by atoms with Crippen LogP contribution in [0.5, 0.6) is 0 Å². The normalized spacial score (nSPS) is 29.8. The number of fused-ring (bicyclic) bond motifs is 1. The van der Waals surface area contributed by atoms with E-state index in [9.17, 15) is 19.5 Å². The third-order valence-electron chi connectivity index (χ3n) is 8.38. The number of β-amino-alcohol motifs (C(OH)–C–C–N with tert-alkyl or cyclic N) is 1. The molecular weight excluding hydrogens is 482 g/mol. The van der Waals surface area contributed by atoms with Crippen molar-refractivity contribution in [3.63, 3.8) is 0 Å². The number of benzene rings is 1. The van der Waals surface area contributed by atoms with E-state index in [-0.39, 0.29) is 30.9 Å². The Morgan fingerprint density at radius 2 is 1.79 bits per heavy atom. The lowest BCUT2D eigenvalue weighted by molar-refractivity contribution is -0.156. The van der Waals surface area contributed by atoms with Gasteiger partial charge in [-0.05, 0) is 46.1 Å². The maximum absolute atomic E-state index is 14.2. The summed E-state index contributed by atoms with van der Waals surface area (Å²) in [6.07, 6.45) is 4.41. The Bertz CT molecular complexity index is 1100. The summed E-state index contributed by atoms with van der Waals surface area (Å²) in [5.74, 6) is -2.26. The quantitative estimate of drug-likeness (QED) is 0.477. The fraction of sp³-hybridized carbons (Fsp3) is 0.567. The first-order valence-electron chi connectivity index (χ1n) is 13.4. The first-order valence-corrected chi connectivity index (χ1v) is 13.4. The van der Waals surface area contributed by atoms with Crippen LogP contribution in [0.15, 0.2) is 55.6 Å². The monoisotopic (exact) mass is 523 g/mol. The SMILES string of the molecule is C=CCN(Cc1ccccc1)C(=O)[C@H]1[C@H]2C(=O)N(CCO)C(C(=O)N(CC=C)C(C)(C)C)C23CC[C@]1(C)O3. The first-order chi connectivity index (χ1) is 17.9. The van der Waals surface area contributed by atoms with E-state index < -0.39 is 34.6 Å². The summed E-state index contributed by atoms with van der Waals surface area (Å²) in [6, 6.07) is 8.78. The number of aliphatic hydroxyl groups is 1. The molecular formula is C30H41N3O5. The van der Waals surface area contributed by atoms with Crippen LogP contribution < -0.4 is 0 Å². The van der Waals surface area contributed by atoms with Crippen molar-refractivity contribution in [2.75, 3.05) is 26.2 Å². The highest BCUT2D eigenvalue weighted by molar-refractivity contribution is 5.99. The van der Waals surface area contributed by atoms with Crippen molar-refractivity contribution in [3.8, 4) is 0 Å². The van der Waals surface area contributed by atoms with Gasteiger partial charge in [0.1, 0.15) is 11.6 Å². The lowest BCUT2D eigenvalue weighted by Gasteiger charge is -2.42. The molecule has 0 aromatic heterocycles. The van der Waals surface area contributed by atoms with Gasteiger partial charge in [0.15, 0.2) is 0 Å². The average Bonchev–Trinajstić information content (AvgIpc) is 3.42. The van der Waals surface area contributed by atoms with E-state index >= 15 is 0 Å². The van der Waals surface area contributed by atoms with Gasteiger partial charge in [-0.15, -0.1) is 13.2 Å². The number of amides is 3. The number of hydrogen-bond donors (Lipinski definition) is 1. The van der Waals surface area contributed by atoms with Gasteiger partial charge in [0.05, 0.1) is 24.0 Å². The lowest BCUT2D eigenvalue weighted by Crippen LogP contribution is -2.60. The Hall–Kier alpha value is -2.97. The van der Waals surface area contributed by atoms with Crippen LogP contribution in [0.1, 0.15) is 46.1 Å². The standard InChI is InChI=1S/C30H41N3O5/c1-7-16-31(20-21-12-10-9-11-13-21)25(35)22-23-26(36)32(18-19-34)24(30(23)15-14-29(22,6)38-30)27(37)33(17-8-2)28(3,4)5/h7-13,22-24,34H,1-2,14-20H2,3-6H3/t22-,23+,24?,29+,30?/m1/s1. The minimum absolute atomic E-state index is 0.000927. The number of likely N-dealkylation sites (tertiary alicyclic amines) is 1. The zero-order chi connectivity index (χ0) is 27.9. The van der Waals surface area contributed by atoms with Crippen LogP contribution in [-0.2, 0) is 25.7 Å². The van der Waals surface area contributed by atoms with Gasteiger partial charge in [-0.1, -0.05) is 42.5 Å². The molecule has 1 N–H and O–H groups in total. The maximum atomic E-state index is 14.2. The molecule has 3 saturated heterocycles. The van der Waals surface area contributed by atoms with Crippen molar-refractivity contribution >= 4 is 17.7 Å². The number of aliphatic hydroxyl groups excluding tert-OH is 1. The summed E-state index contributed by atoms with van der Waals surface area (Å²) < 4.78 is 6.71. The average molecular weight is 524 g/mol. The summed E-state index contributed by atoms with van der Waals surface area (Å²) in [5.41, 5.74) is -1.55. The van der Waals surface area contributed by atoms with Crippen LogP contribution in [0.3, 0.4) is 0 Å². The summed E-state index contributed by atoms with van der Waals surface area (Å²) >= 11 is 0. The van der Waals surface area contributed by atoms with Crippen molar-refractivity contribution in [1.82, 2.24) is 14.7 Å². The number of hydrogen-bond acceptors (Lipinski definition) is 5. The molecule has 1 aromatic rings. The molecule has 8 nitrogen and oxygen atoms in total. The molecule has 3 heterocycles. The van der Waals surface area contributed by atoms with Crippen molar-refractivity contribution in [2.45, 2.75) is 69.9 Å². The van der Waals surface area contributed by atoms with Crippen molar-refractivity contribution in [3.05, 3.63) is 61.2 Å². The van der Waals surface area contributed by atoms with E-state index in [1.165, 1.54) is 4.90 Å². The summed E-state index contributed by atoms with van der Waals surface area (Å²) in [4.78, 5) is 47.4. The highest BCUT2D eigenvalue weighted by atomic mass is 16.5. The zero-order valence-corrected chi connectivity index (χ0v) is 23.1. The molecule has 1 aromatic carbocycles. The molecule has 5 atom stereocenters. The predicted molar refractivity (Wildman–Crippen MR) is 145 cm³/mol.